The highest BCUT2D eigenvalue weighted by atomic mass is 16.5. The summed E-state index contributed by atoms with van der Waals surface area (Å²) >= 11 is 0. The number of nitrogens with zero attached hydrogens (tertiary/aromatic N) is 3. The molecule has 1 fully saturated rings. The van der Waals surface area contributed by atoms with Gasteiger partial charge in [-0.3, -0.25) is 14.3 Å². The normalized spacial score (nSPS) is 18.2. The largest absolute Gasteiger partial charge is 0.496 e. The van der Waals surface area contributed by atoms with Gasteiger partial charge in [-0.15, -0.1) is 0 Å². The van der Waals surface area contributed by atoms with E-state index in [1.165, 1.54) is 0 Å². The molecule has 1 spiro atoms. The first-order chi connectivity index (χ1) is 18.4. The summed E-state index contributed by atoms with van der Waals surface area (Å²) in [6, 6.07) is 12.6. The number of rotatable bonds is 5. The predicted molar refractivity (Wildman–Crippen MR) is 141 cm³/mol. The highest BCUT2D eigenvalue weighted by molar-refractivity contribution is 6.19. The van der Waals surface area contributed by atoms with Gasteiger partial charge in [-0.05, 0) is 42.9 Å². The number of aromatic nitrogens is 3. The molecule has 0 aliphatic carbocycles. The Morgan fingerprint density at radius 1 is 1.08 bits per heavy atom. The lowest BCUT2D eigenvalue weighted by molar-refractivity contribution is -0.0139. The fourth-order valence-corrected chi connectivity index (χ4v) is 5.63. The number of fused-ring (bicyclic) bond motifs is 2. The number of Topliss-reactive ketones (excluding diaryl/α,β-unsaturated/α-hetero) is 2. The van der Waals surface area contributed by atoms with Crippen LogP contribution in [0.3, 0.4) is 0 Å². The van der Waals surface area contributed by atoms with Crippen LogP contribution < -0.4 is 19.5 Å². The van der Waals surface area contributed by atoms with Crippen LogP contribution in [0.15, 0.2) is 54.9 Å². The summed E-state index contributed by atoms with van der Waals surface area (Å²) < 4.78 is 19.4. The monoisotopic (exact) mass is 512 g/mol. The standard InChI is InChI=1S/C29H28N4O5/c1-33-16-18(15-31-33)17-7-8-22-20(13-17)27(34)25(29(38-22)9-11-30-12-10-29)28(35)21-14-24(37-3)19-5-4-6-23(36-2)26(19)32-21/h4-8,13-16,25,30H,9-12H2,1-3H3/t25-/m1/s1. The molecule has 2 aromatic heterocycles. The Bertz CT molecular complexity index is 1570. The van der Waals surface area contributed by atoms with Gasteiger partial charge >= 0.3 is 0 Å². The van der Waals surface area contributed by atoms with E-state index in [-0.39, 0.29) is 17.3 Å². The van der Waals surface area contributed by atoms with Crippen molar-refractivity contribution in [3.63, 3.8) is 0 Å². The second-order valence-corrected chi connectivity index (χ2v) is 9.76. The van der Waals surface area contributed by atoms with Gasteiger partial charge in [0.25, 0.3) is 0 Å². The Morgan fingerprint density at radius 3 is 2.58 bits per heavy atom. The molecule has 4 heterocycles. The quantitative estimate of drug-likeness (QED) is 0.318. The number of methoxy groups -OCH3 is 2. The molecule has 1 N–H and O–H groups in total. The molecule has 2 aliphatic heterocycles. The summed E-state index contributed by atoms with van der Waals surface area (Å²) in [4.78, 5) is 33.2. The molecule has 194 valence electrons. The predicted octanol–water partition coefficient (Wildman–Crippen LogP) is 3.85. The van der Waals surface area contributed by atoms with Gasteiger partial charge in [-0.2, -0.15) is 5.10 Å². The molecule has 1 atom stereocenters. The number of carbonyl (C=O) groups excluding carboxylic acids is 2. The molecular formula is C29H28N4O5. The summed E-state index contributed by atoms with van der Waals surface area (Å²) in [7, 11) is 4.93. The first kappa shape index (κ1) is 24.1. The number of ketones is 2. The minimum Gasteiger partial charge on any atom is -0.496 e. The van der Waals surface area contributed by atoms with Crippen LogP contribution in [0, 0.1) is 5.92 Å². The summed E-state index contributed by atoms with van der Waals surface area (Å²) in [5, 5.41) is 8.28. The van der Waals surface area contributed by atoms with Gasteiger partial charge in [0.1, 0.15) is 40.0 Å². The van der Waals surface area contributed by atoms with Crippen molar-refractivity contribution in [3.8, 4) is 28.4 Å². The lowest BCUT2D eigenvalue weighted by Crippen LogP contribution is -2.58. The molecular weight excluding hydrogens is 484 g/mol. The lowest BCUT2D eigenvalue weighted by Gasteiger charge is -2.45. The highest BCUT2D eigenvalue weighted by Crippen LogP contribution is 2.45. The maximum Gasteiger partial charge on any atom is 0.196 e. The minimum atomic E-state index is -1.05. The van der Waals surface area contributed by atoms with Crippen molar-refractivity contribution in [1.82, 2.24) is 20.1 Å². The van der Waals surface area contributed by atoms with Crippen LogP contribution in [-0.2, 0) is 7.05 Å². The zero-order chi connectivity index (χ0) is 26.4. The van der Waals surface area contributed by atoms with E-state index in [9.17, 15) is 9.59 Å². The van der Waals surface area contributed by atoms with Crippen molar-refractivity contribution in [3.05, 3.63) is 66.1 Å². The first-order valence-electron chi connectivity index (χ1n) is 12.6. The van der Waals surface area contributed by atoms with Gasteiger partial charge in [-0.1, -0.05) is 12.1 Å². The Balaban J connectivity index is 1.48. The number of nitrogens with one attached hydrogen (secondary N) is 1. The van der Waals surface area contributed by atoms with Crippen molar-refractivity contribution in [2.24, 2.45) is 13.0 Å². The average Bonchev–Trinajstić information content (AvgIpc) is 3.38. The van der Waals surface area contributed by atoms with Crippen LogP contribution in [0.1, 0.15) is 33.7 Å². The fourth-order valence-electron chi connectivity index (χ4n) is 5.63. The third-order valence-electron chi connectivity index (χ3n) is 7.55. The molecule has 0 bridgehead atoms. The minimum absolute atomic E-state index is 0.144. The van der Waals surface area contributed by atoms with E-state index < -0.39 is 11.5 Å². The van der Waals surface area contributed by atoms with Crippen LogP contribution in [0.4, 0.5) is 0 Å². The van der Waals surface area contributed by atoms with Crippen molar-refractivity contribution in [1.29, 1.82) is 0 Å². The Kier molecular flexibility index (Phi) is 5.87. The van der Waals surface area contributed by atoms with Crippen LogP contribution >= 0.6 is 0 Å². The number of hydrogen-bond acceptors (Lipinski definition) is 8. The van der Waals surface area contributed by atoms with Crippen LogP contribution in [0.5, 0.6) is 17.2 Å². The average molecular weight is 513 g/mol. The van der Waals surface area contributed by atoms with E-state index in [0.29, 0.717) is 54.3 Å². The molecule has 6 rings (SSSR count). The van der Waals surface area contributed by atoms with Crippen molar-refractivity contribution >= 4 is 22.5 Å². The smallest absolute Gasteiger partial charge is 0.196 e. The molecule has 0 radical (unpaired) electrons. The summed E-state index contributed by atoms with van der Waals surface area (Å²) in [5.74, 6) is -0.195. The number of aryl methyl sites for hydroxylation is 1. The molecule has 0 saturated carbocycles. The highest BCUT2D eigenvalue weighted by Gasteiger charge is 2.54. The Hall–Kier alpha value is -4.24. The van der Waals surface area contributed by atoms with E-state index in [1.807, 2.05) is 37.5 Å². The maximum atomic E-state index is 14.3. The molecule has 4 aromatic rings. The third kappa shape index (κ3) is 3.81. The van der Waals surface area contributed by atoms with Crippen molar-refractivity contribution in [2.45, 2.75) is 18.4 Å². The molecule has 0 amide bonds. The number of carbonyl (C=O) groups is 2. The molecule has 0 unspecified atom stereocenters. The second-order valence-electron chi connectivity index (χ2n) is 9.76. The van der Waals surface area contributed by atoms with Gasteiger partial charge < -0.3 is 19.5 Å². The van der Waals surface area contributed by atoms with Crippen molar-refractivity contribution in [2.75, 3.05) is 27.3 Å². The van der Waals surface area contributed by atoms with Gasteiger partial charge in [0.05, 0.1) is 26.0 Å². The van der Waals surface area contributed by atoms with E-state index in [4.69, 9.17) is 14.2 Å². The second kappa shape index (κ2) is 9.25. The van der Waals surface area contributed by atoms with E-state index in [1.54, 1.807) is 43.3 Å². The Labute approximate surface area is 219 Å². The lowest BCUT2D eigenvalue weighted by atomic mass is 9.71. The van der Waals surface area contributed by atoms with Gasteiger partial charge in [0.2, 0.25) is 0 Å². The zero-order valence-electron chi connectivity index (χ0n) is 21.5. The van der Waals surface area contributed by atoms with Gasteiger partial charge in [0.15, 0.2) is 11.6 Å². The van der Waals surface area contributed by atoms with Gasteiger partial charge in [0, 0.05) is 43.1 Å². The number of piperidine rings is 1. The van der Waals surface area contributed by atoms with Crippen LogP contribution in [0.2, 0.25) is 0 Å². The summed E-state index contributed by atoms with van der Waals surface area (Å²) in [6.45, 7) is 1.28. The molecule has 9 nitrogen and oxygen atoms in total. The zero-order valence-corrected chi connectivity index (χ0v) is 21.5. The fraction of sp³-hybridized carbons (Fsp3) is 0.310. The maximum absolute atomic E-state index is 14.3. The number of para-hydroxylation sites is 1. The first-order valence-corrected chi connectivity index (χ1v) is 12.6. The summed E-state index contributed by atoms with van der Waals surface area (Å²) in [5.41, 5.74) is 1.77. The number of hydrogen-bond donors (Lipinski definition) is 1. The van der Waals surface area contributed by atoms with E-state index in [0.717, 1.165) is 16.5 Å². The van der Waals surface area contributed by atoms with Crippen molar-refractivity contribution < 1.29 is 23.8 Å². The molecule has 38 heavy (non-hydrogen) atoms. The number of pyridine rings is 1. The van der Waals surface area contributed by atoms with Gasteiger partial charge in [-0.25, -0.2) is 4.98 Å². The Morgan fingerprint density at radius 2 is 1.87 bits per heavy atom. The molecule has 2 aliphatic rings. The van der Waals surface area contributed by atoms with Crippen LogP contribution in [0.25, 0.3) is 22.0 Å². The third-order valence-corrected chi connectivity index (χ3v) is 7.55. The topological polar surface area (TPSA) is 105 Å². The van der Waals surface area contributed by atoms with Crippen LogP contribution in [-0.4, -0.2) is 59.2 Å². The molecule has 2 aromatic carbocycles. The van der Waals surface area contributed by atoms with E-state index >= 15 is 0 Å². The number of benzene rings is 2. The summed E-state index contributed by atoms with van der Waals surface area (Å²) in [6.07, 6.45) is 4.66. The molecule has 1 saturated heterocycles. The molecule has 9 heteroatoms. The van der Waals surface area contributed by atoms with E-state index in [2.05, 4.69) is 15.4 Å². The number of ether oxygens (including phenoxy) is 3. The SMILES string of the molecule is COc1cc(C(=O)[C@H]2C(=O)c3cc(-c4cnn(C)c4)ccc3OC23CCNCC3)nc2c(OC)cccc12.